The molecule has 0 radical (unpaired) electrons. The summed E-state index contributed by atoms with van der Waals surface area (Å²) in [6, 6.07) is 67.3. The van der Waals surface area contributed by atoms with Crippen molar-refractivity contribution in [3.63, 3.8) is 0 Å². The van der Waals surface area contributed by atoms with E-state index in [9.17, 15) is 0 Å². The molecule has 0 saturated carbocycles. The quantitative estimate of drug-likeness (QED) is 0.197. The predicted octanol–water partition coefficient (Wildman–Crippen LogP) is 14.1. The molecule has 1 N–H and O–H groups in total. The smallest absolute Gasteiger partial charge is 0.145 e. The van der Waals surface area contributed by atoms with Gasteiger partial charge >= 0.3 is 0 Å². The Labute approximate surface area is 306 Å². The molecular formula is C50H32N2O. The van der Waals surface area contributed by atoms with Gasteiger partial charge in [0.2, 0.25) is 0 Å². The summed E-state index contributed by atoms with van der Waals surface area (Å²) in [7, 11) is 0. The van der Waals surface area contributed by atoms with Gasteiger partial charge in [-0.05, 0) is 82.1 Å². The first-order chi connectivity index (χ1) is 26.3. The lowest BCUT2D eigenvalue weighted by Gasteiger charge is -2.15. The summed E-state index contributed by atoms with van der Waals surface area (Å²) in [5.74, 6) is 0. The Balaban J connectivity index is 1.10. The lowest BCUT2D eigenvalue weighted by Crippen LogP contribution is -1.95. The first-order valence-electron chi connectivity index (χ1n) is 18.1. The van der Waals surface area contributed by atoms with Crippen LogP contribution in [-0.2, 0) is 0 Å². The lowest BCUT2D eigenvalue weighted by atomic mass is 9.96. The topological polar surface area (TPSA) is 30.1 Å². The van der Waals surface area contributed by atoms with Crippen LogP contribution in [-0.4, -0.2) is 4.57 Å². The van der Waals surface area contributed by atoms with Gasteiger partial charge in [-0.2, -0.15) is 0 Å². The van der Waals surface area contributed by atoms with Crippen molar-refractivity contribution in [3.8, 4) is 27.9 Å². The number of para-hydroxylation sites is 2. The summed E-state index contributed by atoms with van der Waals surface area (Å²) in [6.45, 7) is 0. The van der Waals surface area contributed by atoms with Gasteiger partial charge in [0.05, 0.1) is 22.1 Å². The van der Waals surface area contributed by atoms with E-state index >= 15 is 0 Å². The molecule has 0 bridgehead atoms. The molecule has 9 aromatic carbocycles. The third-order valence-corrected chi connectivity index (χ3v) is 10.8. The molecule has 3 nitrogen and oxygen atoms in total. The van der Waals surface area contributed by atoms with Gasteiger partial charge in [0.1, 0.15) is 11.2 Å². The molecule has 0 aliphatic rings. The molecule has 0 aliphatic carbocycles. The molecule has 0 unspecified atom stereocenters. The number of furan rings is 1. The molecular weight excluding hydrogens is 645 g/mol. The highest BCUT2D eigenvalue weighted by Crippen LogP contribution is 2.43. The molecule has 0 spiro atoms. The fourth-order valence-electron chi connectivity index (χ4n) is 8.32. The molecule has 3 heteroatoms. The summed E-state index contributed by atoms with van der Waals surface area (Å²) in [6.07, 6.45) is 0. The maximum atomic E-state index is 6.70. The Kier molecular flexibility index (Phi) is 6.55. The molecule has 2 aromatic heterocycles. The first kappa shape index (κ1) is 29.6. The van der Waals surface area contributed by atoms with E-state index in [2.05, 4.69) is 192 Å². The highest BCUT2D eigenvalue weighted by Gasteiger charge is 2.20. The zero-order chi connectivity index (χ0) is 34.9. The number of hydrogen-bond donors (Lipinski definition) is 1. The van der Waals surface area contributed by atoms with Crippen molar-refractivity contribution >= 4 is 76.7 Å². The van der Waals surface area contributed by atoms with Crippen LogP contribution in [0.25, 0.3) is 93.2 Å². The van der Waals surface area contributed by atoms with E-state index in [0.717, 1.165) is 77.7 Å². The maximum absolute atomic E-state index is 6.70. The summed E-state index contributed by atoms with van der Waals surface area (Å²) in [5.41, 5.74) is 12.0. The molecule has 11 aromatic rings. The van der Waals surface area contributed by atoms with Gasteiger partial charge < -0.3 is 14.3 Å². The van der Waals surface area contributed by atoms with E-state index in [1.807, 2.05) is 6.07 Å². The molecule has 2 heterocycles. The minimum atomic E-state index is 0.903. The van der Waals surface area contributed by atoms with Crippen molar-refractivity contribution in [2.75, 3.05) is 5.32 Å². The normalized spacial score (nSPS) is 11.8. The summed E-state index contributed by atoms with van der Waals surface area (Å²) in [5, 5.41) is 13.2. The van der Waals surface area contributed by atoms with Crippen LogP contribution >= 0.6 is 0 Å². The fraction of sp³-hybridized carbons (Fsp3) is 0. The minimum absolute atomic E-state index is 0.903. The van der Waals surface area contributed by atoms with Gasteiger partial charge in [0, 0.05) is 43.9 Å². The number of rotatable bonds is 5. The average molecular weight is 677 g/mol. The number of aromatic nitrogens is 1. The second kappa shape index (κ2) is 11.7. The van der Waals surface area contributed by atoms with Crippen molar-refractivity contribution in [3.05, 3.63) is 188 Å². The van der Waals surface area contributed by atoms with E-state index in [4.69, 9.17) is 4.42 Å². The number of benzene rings is 9. The number of nitrogens with zero attached hydrogens (tertiary/aromatic N) is 1. The van der Waals surface area contributed by atoms with Crippen LogP contribution in [0.4, 0.5) is 11.4 Å². The minimum Gasteiger partial charge on any atom is -0.455 e. The van der Waals surface area contributed by atoms with Crippen LogP contribution in [0.15, 0.2) is 192 Å². The Hall–Kier alpha value is -7.10. The number of anilines is 2. The van der Waals surface area contributed by atoms with Crippen LogP contribution in [0.3, 0.4) is 0 Å². The summed E-state index contributed by atoms with van der Waals surface area (Å²) >= 11 is 0. The average Bonchev–Trinajstić information content (AvgIpc) is 3.76. The van der Waals surface area contributed by atoms with Crippen LogP contribution in [0.5, 0.6) is 0 Å². The van der Waals surface area contributed by atoms with E-state index < -0.39 is 0 Å². The number of hydrogen-bond acceptors (Lipinski definition) is 2. The molecule has 0 atom stereocenters. The van der Waals surface area contributed by atoms with E-state index in [-0.39, 0.29) is 0 Å². The van der Waals surface area contributed by atoms with Crippen LogP contribution in [0.2, 0.25) is 0 Å². The molecule has 0 fully saturated rings. The molecule has 0 aliphatic heterocycles. The molecule has 11 rings (SSSR count). The highest BCUT2D eigenvalue weighted by atomic mass is 16.3. The Morgan fingerprint density at radius 1 is 0.396 bits per heavy atom. The Bertz CT molecular complexity index is 3210. The first-order valence-corrected chi connectivity index (χ1v) is 18.1. The standard InChI is InChI=1S/C50H32N2O/c1-3-18-37-32(12-1)14-10-23-44(37)51-43-22-7-5-19-38(43)36-17-9-16-34(30-36)35-26-28-46-42(31-35)49-47(29-27-41-40-21-6-8-25-48(40)53-50(41)49)52(46)45-24-11-15-33-13-2-4-20-39(33)45/h1-31,51H. The van der Waals surface area contributed by atoms with E-state index in [1.54, 1.807) is 0 Å². The maximum Gasteiger partial charge on any atom is 0.145 e. The van der Waals surface area contributed by atoms with Crippen molar-refractivity contribution in [2.45, 2.75) is 0 Å². The number of fused-ring (bicyclic) bond motifs is 9. The van der Waals surface area contributed by atoms with Crippen molar-refractivity contribution in [1.29, 1.82) is 0 Å². The van der Waals surface area contributed by atoms with Crippen molar-refractivity contribution < 1.29 is 4.42 Å². The van der Waals surface area contributed by atoms with Gasteiger partial charge in [-0.25, -0.2) is 0 Å². The Morgan fingerprint density at radius 3 is 1.94 bits per heavy atom. The zero-order valence-corrected chi connectivity index (χ0v) is 28.8. The van der Waals surface area contributed by atoms with Gasteiger partial charge in [0.15, 0.2) is 0 Å². The summed E-state index contributed by atoms with van der Waals surface area (Å²) < 4.78 is 9.11. The van der Waals surface area contributed by atoms with Crippen molar-refractivity contribution in [2.24, 2.45) is 0 Å². The fourth-order valence-corrected chi connectivity index (χ4v) is 8.32. The second-order valence-electron chi connectivity index (χ2n) is 13.8. The van der Waals surface area contributed by atoms with Crippen LogP contribution in [0, 0.1) is 0 Å². The molecule has 0 saturated heterocycles. The lowest BCUT2D eigenvalue weighted by molar-refractivity contribution is 0.673. The van der Waals surface area contributed by atoms with Gasteiger partial charge in [0.25, 0.3) is 0 Å². The van der Waals surface area contributed by atoms with Gasteiger partial charge in [-0.1, -0.05) is 133 Å². The van der Waals surface area contributed by atoms with Crippen LogP contribution < -0.4 is 5.32 Å². The van der Waals surface area contributed by atoms with E-state index in [0.29, 0.717) is 0 Å². The largest absolute Gasteiger partial charge is 0.455 e. The van der Waals surface area contributed by atoms with Crippen molar-refractivity contribution in [1.82, 2.24) is 4.57 Å². The second-order valence-corrected chi connectivity index (χ2v) is 13.8. The third-order valence-electron chi connectivity index (χ3n) is 10.8. The van der Waals surface area contributed by atoms with Gasteiger partial charge in [-0.15, -0.1) is 0 Å². The zero-order valence-electron chi connectivity index (χ0n) is 28.8. The Morgan fingerprint density at radius 2 is 1.04 bits per heavy atom. The predicted molar refractivity (Wildman–Crippen MR) is 224 cm³/mol. The van der Waals surface area contributed by atoms with Crippen LogP contribution in [0.1, 0.15) is 0 Å². The van der Waals surface area contributed by atoms with Gasteiger partial charge in [-0.3, -0.25) is 0 Å². The monoisotopic (exact) mass is 676 g/mol. The summed E-state index contributed by atoms with van der Waals surface area (Å²) in [4.78, 5) is 0. The molecule has 248 valence electrons. The number of nitrogens with one attached hydrogen (secondary N) is 1. The van der Waals surface area contributed by atoms with E-state index in [1.165, 1.54) is 26.9 Å². The molecule has 0 amide bonds. The third kappa shape index (κ3) is 4.68. The SMILES string of the molecule is c1cc(-c2ccc3c(c2)c2c4oc5ccccc5c4ccc2n3-c2cccc3ccccc23)cc(-c2ccccc2Nc2cccc3ccccc23)c1. The molecule has 53 heavy (non-hydrogen) atoms. The highest BCUT2D eigenvalue weighted by molar-refractivity contribution is 6.24.